The van der Waals surface area contributed by atoms with Gasteiger partial charge < -0.3 is 9.30 Å². The van der Waals surface area contributed by atoms with Gasteiger partial charge in [-0.15, -0.1) is 0 Å². The van der Waals surface area contributed by atoms with Gasteiger partial charge in [-0.1, -0.05) is 19.8 Å². The van der Waals surface area contributed by atoms with E-state index >= 15 is 0 Å². The third-order valence-electron chi connectivity index (χ3n) is 5.09. The first kappa shape index (κ1) is 18.1. The summed E-state index contributed by atoms with van der Waals surface area (Å²) >= 11 is 0. The van der Waals surface area contributed by atoms with Crippen molar-refractivity contribution in [2.75, 3.05) is 7.11 Å². The summed E-state index contributed by atoms with van der Waals surface area (Å²) in [4.78, 5) is 31.4. The number of benzene rings is 1. The molecular formula is C20H23N5O3. The molecule has 0 atom stereocenters. The normalized spacial score (nSPS) is 11.5. The number of nitrogens with one attached hydrogen (secondary N) is 1. The first-order chi connectivity index (χ1) is 13.5. The zero-order chi connectivity index (χ0) is 19.8. The minimum absolute atomic E-state index is 0.376. The predicted molar refractivity (Wildman–Crippen MR) is 108 cm³/mol. The molecule has 8 nitrogen and oxygen atoms in total. The maximum Gasteiger partial charge on any atom is 0.329 e. The summed E-state index contributed by atoms with van der Waals surface area (Å²) in [6.45, 7) is 2.94. The molecule has 1 N–H and O–H groups in total. The third-order valence-corrected chi connectivity index (χ3v) is 5.09. The highest BCUT2D eigenvalue weighted by molar-refractivity contribution is 5.78. The molecule has 0 aliphatic heterocycles. The Hall–Kier alpha value is -3.29. The van der Waals surface area contributed by atoms with Crippen LogP contribution in [0.15, 0.2) is 40.1 Å². The van der Waals surface area contributed by atoms with Crippen LogP contribution in [-0.2, 0) is 13.6 Å². The van der Waals surface area contributed by atoms with Crippen LogP contribution in [0, 0.1) is 0 Å². The van der Waals surface area contributed by atoms with Crippen molar-refractivity contribution < 1.29 is 4.74 Å². The summed E-state index contributed by atoms with van der Waals surface area (Å²) in [5, 5.41) is 0. The number of H-pyrrole nitrogens is 1. The maximum atomic E-state index is 12.5. The molecular weight excluding hydrogens is 358 g/mol. The molecule has 0 aliphatic rings. The Morgan fingerprint density at radius 3 is 2.57 bits per heavy atom. The van der Waals surface area contributed by atoms with E-state index in [1.807, 2.05) is 30.5 Å². The van der Waals surface area contributed by atoms with E-state index in [-0.39, 0.29) is 0 Å². The molecule has 0 saturated heterocycles. The number of unbranched alkanes of at least 4 members (excludes halogenated alkanes) is 2. The number of aromatic nitrogens is 5. The van der Waals surface area contributed by atoms with Crippen molar-refractivity contribution in [1.29, 1.82) is 0 Å². The molecule has 0 amide bonds. The Morgan fingerprint density at radius 2 is 1.89 bits per heavy atom. The van der Waals surface area contributed by atoms with E-state index in [1.54, 1.807) is 18.6 Å². The molecule has 0 saturated carbocycles. The molecule has 4 rings (SSSR count). The summed E-state index contributed by atoms with van der Waals surface area (Å²) in [5.74, 6) is 1.44. The Bertz CT molecular complexity index is 1260. The van der Waals surface area contributed by atoms with E-state index in [0.29, 0.717) is 16.9 Å². The van der Waals surface area contributed by atoms with Crippen molar-refractivity contribution in [1.82, 2.24) is 23.5 Å². The summed E-state index contributed by atoms with van der Waals surface area (Å²) < 4.78 is 10.5. The lowest BCUT2D eigenvalue weighted by atomic mass is 10.1. The number of methoxy groups -OCH3 is 1. The van der Waals surface area contributed by atoms with Gasteiger partial charge in [0.05, 0.1) is 12.8 Å². The minimum atomic E-state index is -0.467. The van der Waals surface area contributed by atoms with E-state index in [1.165, 1.54) is 4.57 Å². The summed E-state index contributed by atoms with van der Waals surface area (Å²) in [7, 11) is 3.25. The molecule has 3 aromatic heterocycles. The van der Waals surface area contributed by atoms with Crippen molar-refractivity contribution in [2.45, 2.75) is 32.7 Å². The maximum absolute atomic E-state index is 12.5. The van der Waals surface area contributed by atoms with Gasteiger partial charge in [0.2, 0.25) is 5.78 Å². The minimum Gasteiger partial charge on any atom is -0.497 e. The Labute approximate surface area is 161 Å². The van der Waals surface area contributed by atoms with Crippen molar-refractivity contribution in [3.63, 3.8) is 0 Å². The number of aryl methyl sites for hydroxylation is 2. The van der Waals surface area contributed by atoms with E-state index in [0.717, 1.165) is 42.8 Å². The SMILES string of the molecule is CCCCCn1c(-c2ccc(OC)cc2)cn2c3c(=O)[nH]c(=O)n(C)c3nc12. The van der Waals surface area contributed by atoms with E-state index in [9.17, 15) is 9.59 Å². The van der Waals surface area contributed by atoms with Crippen LogP contribution in [0.3, 0.4) is 0 Å². The van der Waals surface area contributed by atoms with Crippen molar-refractivity contribution in [3.05, 3.63) is 51.3 Å². The van der Waals surface area contributed by atoms with Crippen LogP contribution in [0.25, 0.3) is 28.2 Å². The molecule has 0 bridgehead atoms. The number of hydrogen-bond acceptors (Lipinski definition) is 4. The van der Waals surface area contributed by atoms with Gasteiger partial charge in [-0.2, -0.15) is 4.98 Å². The second-order valence-corrected chi connectivity index (χ2v) is 6.87. The van der Waals surface area contributed by atoms with Crippen molar-refractivity contribution >= 4 is 16.9 Å². The zero-order valence-corrected chi connectivity index (χ0v) is 16.2. The highest BCUT2D eigenvalue weighted by Gasteiger charge is 2.19. The lowest BCUT2D eigenvalue weighted by Crippen LogP contribution is -2.28. The second kappa shape index (κ2) is 7.03. The Balaban J connectivity index is 1.98. The number of aromatic amines is 1. The Morgan fingerprint density at radius 1 is 1.14 bits per heavy atom. The zero-order valence-electron chi connectivity index (χ0n) is 16.2. The molecule has 146 valence electrons. The van der Waals surface area contributed by atoms with Crippen LogP contribution in [0.2, 0.25) is 0 Å². The Kier molecular flexibility index (Phi) is 4.54. The highest BCUT2D eigenvalue weighted by atomic mass is 16.5. The molecule has 0 radical (unpaired) electrons. The first-order valence-corrected chi connectivity index (χ1v) is 9.40. The average molecular weight is 381 g/mol. The summed E-state index contributed by atoms with van der Waals surface area (Å²) in [5.41, 5.74) is 1.84. The van der Waals surface area contributed by atoms with Crippen LogP contribution in [0.4, 0.5) is 0 Å². The topological polar surface area (TPSA) is 86.3 Å². The van der Waals surface area contributed by atoms with Gasteiger partial charge in [0.25, 0.3) is 5.56 Å². The summed E-state index contributed by atoms with van der Waals surface area (Å²) in [6.07, 6.45) is 5.13. The second-order valence-electron chi connectivity index (χ2n) is 6.87. The fourth-order valence-electron chi connectivity index (χ4n) is 3.54. The standard InChI is InChI=1S/C20H23N5O3/c1-4-5-6-11-24-15(13-7-9-14(28-3)10-8-13)12-25-16-17(21-19(24)25)23(2)20(27)22-18(16)26/h7-10,12H,4-6,11H2,1-3H3,(H,22,26,27). The van der Waals surface area contributed by atoms with Crippen LogP contribution in [0.5, 0.6) is 5.75 Å². The van der Waals surface area contributed by atoms with Crippen LogP contribution in [-0.4, -0.2) is 30.6 Å². The first-order valence-electron chi connectivity index (χ1n) is 9.40. The molecule has 0 fully saturated rings. The molecule has 1 aromatic carbocycles. The van der Waals surface area contributed by atoms with Crippen molar-refractivity contribution in [3.8, 4) is 17.0 Å². The molecule has 0 aliphatic carbocycles. The lowest BCUT2D eigenvalue weighted by molar-refractivity contribution is 0.415. The molecule has 0 unspecified atom stereocenters. The van der Waals surface area contributed by atoms with Gasteiger partial charge in [0.15, 0.2) is 11.2 Å². The number of hydrogen-bond donors (Lipinski definition) is 1. The highest BCUT2D eigenvalue weighted by Crippen LogP contribution is 2.27. The van der Waals surface area contributed by atoms with Crippen molar-refractivity contribution in [2.24, 2.45) is 7.05 Å². The molecule has 0 spiro atoms. The van der Waals surface area contributed by atoms with Crippen LogP contribution < -0.4 is 16.0 Å². The molecule has 3 heterocycles. The molecule has 4 aromatic rings. The monoisotopic (exact) mass is 381 g/mol. The summed E-state index contributed by atoms with van der Waals surface area (Å²) in [6, 6.07) is 7.81. The quantitative estimate of drug-likeness (QED) is 0.520. The number of rotatable bonds is 6. The molecule has 28 heavy (non-hydrogen) atoms. The van der Waals surface area contributed by atoms with E-state index in [2.05, 4.69) is 21.5 Å². The van der Waals surface area contributed by atoms with Crippen LogP contribution >= 0.6 is 0 Å². The van der Waals surface area contributed by atoms with Gasteiger partial charge in [0, 0.05) is 25.4 Å². The number of nitrogens with zero attached hydrogens (tertiary/aromatic N) is 4. The predicted octanol–water partition coefficient (Wildman–Crippen LogP) is 2.54. The number of ether oxygens (including phenoxy) is 1. The molecule has 8 heteroatoms. The van der Waals surface area contributed by atoms with Gasteiger partial charge in [-0.25, -0.2) is 4.79 Å². The smallest absolute Gasteiger partial charge is 0.329 e. The number of fused-ring (bicyclic) bond motifs is 3. The lowest BCUT2D eigenvalue weighted by Gasteiger charge is -2.09. The van der Waals surface area contributed by atoms with Gasteiger partial charge in [-0.05, 0) is 30.7 Å². The van der Waals surface area contributed by atoms with Gasteiger partial charge >= 0.3 is 5.69 Å². The van der Waals surface area contributed by atoms with E-state index in [4.69, 9.17) is 4.74 Å². The van der Waals surface area contributed by atoms with Gasteiger partial charge in [0.1, 0.15) is 5.75 Å². The number of imidazole rings is 2. The average Bonchev–Trinajstić information content (AvgIpc) is 3.23. The largest absolute Gasteiger partial charge is 0.497 e. The fourth-order valence-corrected chi connectivity index (χ4v) is 3.54. The van der Waals surface area contributed by atoms with Crippen LogP contribution in [0.1, 0.15) is 26.2 Å². The fraction of sp³-hybridized carbons (Fsp3) is 0.350. The van der Waals surface area contributed by atoms with E-state index < -0.39 is 11.2 Å². The third kappa shape index (κ3) is 2.81. The van der Waals surface area contributed by atoms with Gasteiger partial charge in [-0.3, -0.25) is 18.7 Å².